The summed E-state index contributed by atoms with van der Waals surface area (Å²) in [7, 11) is 1.35. The van der Waals surface area contributed by atoms with Gasteiger partial charge in [0.05, 0.1) is 0 Å². The normalized spacial score (nSPS) is 8.93. The van der Waals surface area contributed by atoms with Crippen LogP contribution >= 0.6 is 22.5 Å². The first-order valence-corrected chi connectivity index (χ1v) is 6.30. The summed E-state index contributed by atoms with van der Waals surface area (Å²) < 4.78 is 0. The van der Waals surface area contributed by atoms with Gasteiger partial charge in [-0.15, -0.1) is 11.7 Å². The maximum Gasteiger partial charge on any atom is 0.106 e. The number of aromatic nitrogens is 2. The zero-order valence-electron chi connectivity index (χ0n) is 8.37. The molecule has 0 fully saturated rings. The molecule has 15 heavy (non-hydrogen) atoms. The van der Waals surface area contributed by atoms with Crippen molar-refractivity contribution in [3.63, 3.8) is 0 Å². The van der Waals surface area contributed by atoms with Crippen LogP contribution in [0.3, 0.4) is 0 Å². The average Bonchev–Trinajstić information content (AvgIpc) is 2.32. The fourth-order valence-corrected chi connectivity index (χ4v) is 1.42. The highest BCUT2D eigenvalue weighted by molar-refractivity contribution is 8.68. The van der Waals surface area contributed by atoms with Crippen molar-refractivity contribution in [2.45, 2.75) is 11.9 Å². The molecule has 0 aromatic carbocycles. The molecule has 2 heterocycles. The van der Waals surface area contributed by atoms with E-state index in [9.17, 15) is 0 Å². The molecular weight excluding hydrogens is 224 g/mol. The quantitative estimate of drug-likeness (QED) is 0.607. The summed E-state index contributed by atoms with van der Waals surface area (Å²) in [6, 6.07) is 11.6. The molecule has 0 radical (unpaired) electrons. The SMILES string of the molecule is Cc1ccccn1.SSc1ccccn1. The van der Waals surface area contributed by atoms with Crippen molar-refractivity contribution in [3.8, 4) is 0 Å². The van der Waals surface area contributed by atoms with Crippen molar-refractivity contribution in [2.75, 3.05) is 0 Å². The monoisotopic (exact) mass is 236 g/mol. The summed E-state index contributed by atoms with van der Waals surface area (Å²) in [5, 5.41) is 0.941. The van der Waals surface area contributed by atoms with Crippen LogP contribution in [0, 0.1) is 6.92 Å². The number of hydrogen-bond acceptors (Lipinski definition) is 4. The minimum Gasteiger partial charge on any atom is -0.262 e. The van der Waals surface area contributed by atoms with Crippen LogP contribution in [0.2, 0.25) is 0 Å². The van der Waals surface area contributed by atoms with Gasteiger partial charge < -0.3 is 0 Å². The summed E-state index contributed by atoms with van der Waals surface area (Å²) in [6.07, 6.45) is 3.54. The minimum absolute atomic E-state index is 0.941. The molecule has 2 nitrogen and oxygen atoms in total. The summed E-state index contributed by atoms with van der Waals surface area (Å²) in [5.74, 6) is 0. The summed E-state index contributed by atoms with van der Waals surface area (Å²) >= 11 is 3.96. The molecule has 2 aromatic rings. The Morgan fingerprint density at radius 3 is 1.93 bits per heavy atom. The lowest BCUT2D eigenvalue weighted by atomic mass is 10.4. The van der Waals surface area contributed by atoms with E-state index in [2.05, 4.69) is 21.6 Å². The van der Waals surface area contributed by atoms with E-state index in [1.54, 1.807) is 12.4 Å². The Labute approximate surface area is 99.0 Å². The lowest BCUT2D eigenvalue weighted by Gasteiger charge is -1.87. The predicted octanol–water partition coefficient (Wildman–Crippen LogP) is 3.41. The molecule has 0 atom stereocenters. The van der Waals surface area contributed by atoms with Crippen LogP contribution in [-0.2, 0) is 0 Å². The number of aryl methyl sites for hydroxylation is 1. The summed E-state index contributed by atoms with van der Waals surface area (Å²) in [4.78, 5) is 7.96. The molecule has 0 N–H and O–H groups in total. The molecule has 0 bridgehead atoms. The van der Waals surface area contributed by atoms with Gasteiger partial charge in [0, 0.05) is 18.1 Å². The molecule has 0 aliphatic carbocycles. The Bertz CT molecular complexity index is 365. The van der Waals surface area contributed by atoms with Gasteiger partial charge in [-0.3, -0.25) is 4.98 Å². The van der Waals surface area contributed by atoms with Crippen molar-refractivity contribution in [3.05, 3.63) is 54.5 Å². The highest BCUT2D eigenvalue weighted by Gasteiger charge is 1.83. The Morgan fingerprint density at radius 1 is 1.00 bits per heavy atom. The molecule has 2 aromatic heterocycles. The smallest absolute Gasteiger partial charge is 0.106 e. The topological polar surface area (TPSA) is 25.8 Å². The molecule has 0 spiro atoms. The van der Waals surface area contributed by atoms with E-state index in [1.165, 1.54) is 10.8 Å². The Hall–Kier alpha value is -1.00. The fraction of sp³-hybridized carbons (Fsp3) is 0.0909. The third-order valence-corrected chi connectivity index (χ3v) is 2.53. The van der Waals surface area contributed by atoms with Gasteiger partial charge in [0.15, 0.2) is 0 Å². The largest absolute Gasteiger partial charge is 0.262 e. The minimum atomic E-state index is 0.941. The van der Waals surface area contributed by atoms with Crippen molar-refractivity contribution in [1.82, 2.24) is 9.97 Å². The first-order valence-electron chi connectivity index (χ1n) is 4.43. The second-order valence-electron chi connectivity index (χ2n) is 2.73. The van der Waals surface area contributed by atoms with Crippen LogP contribution in [-0.4, -0.2) is 9.97 Å². The molecule has 78 valence electrons. The third kappa shape index (κ3) is 5.44. The van der Waals surface area contributed by atoms with Crippen molar-refractivity contribution >= 4 is 22.5 Å². The third-order valence-electron chi connectivity index (χ3n) is 1.54. The highest BCUT2D eigenvalue weighted by atomic mass is 33.1. The Kier molecular flexibility index (Phi) is 5.88. The van der Waals surface area contributed by atoms with Crippen LogP contribution in [0.1, 0.15) is 5.69 Å². The zero-order valence-corrected chi connectivity index (χ0v) is 10.1. The van der Waals surface area contributed by atoms with E-state index < -0.39 is 0 Å². The van der Waals surface area contributed by atoms with E-state index in [4.69, 9.17) is 0 Å². The molecule has 2 rings (SSSR count). The van der Waals surface area contributed by atoms with Gasteiger partial charge in [-0.05, 0) is 42.0 Å². The second kappa shape index (κ2) is 7.31. The number of thiol groups is 1. The maximum atomic E-state index is 3.98. The number of nitrogens with zero attached hydrogens (tertiary/aromatic N) is 2. The van der Waals surface area contributed by atoms with Gasteiger partial charge in [0.1, 0.15) is 5.03 Å². The second-order valence-corrected chi connectivity index (χ2v) is 3.88. The number of hydrogen-bond donors (Lipinski definition) is 1. The number of rotatable bonds is 1. The molecule has 0 saturated heterocycles. The molecule has 0 amide bonds. The van der Waals surface area contributed by atoms with Gasteiger partial charge in [0.2, 0.25) is 0 Å². The van der Waals surface area contributed by atoms with Crippen LogP contribution in [0.15, 0.2) is 53.8 Å². The van der Waals surface area contributed by atoms with Crippen LogP contribution in [0.5, 0.6) is 0 Å². The van der Waals surface area contributed by atoms with E-state index in [0.717, 1.165) is 10.7 Å². The standard InChI is InChI=1S/C6H7N.C5H5NS2/c1-6-4-2-3-5-7-6;7-8-5-3-1-2-4-6-5/h2-5H,1H3;1-4,7H. The number of pyridine rings is 2. The van der Waals surface area contributed by atoms with Gasteiger partial charge in [-0.25, -0.2) is 4.98 Å². The Morgan fingerprint density at radius 2 is 1.67 bits per heavy atom. The molecule has 0 saturated carbocycles. The lowest BCUT2D eigenvalue weighted by Crippen LogP contribution is -1.72. The van der Waals surface area contributed by atoms with Gasteiger partial charge >= 0.3 is 0 Å². The maximum absolute atomic E-state index is 3.98. The first-order chi connectivity index (χ1) is 7.33. The summed E-state index contributed by atoms with van der Waals surface area (Å²) in [5.41, 5.74) is 1.07. The van der Waals surface area contributed by atoms with Crippen molar-refractivity contribution in [2.24, 2.45) is 0 Å². The van der Waals surface area contributed by atoms with E-state index in [-0.39, 0.29) is 0 Å². The van der Waals surface area contributed by atoms with Crippen molar-refractivity contribution < 1.29 is 0 Å². The van der Waals surface area contributed by atoms with Crippen LogP contribution in [0.25, 0.3) is 0 Å². The van der Waals surface area contributed by atoms with Gasteiger partial charge in [0.25, 0.3) is 0 Å². The van der Waals surface area contributed by atoms with E-state index in [1.807, 2.05) is 43.3 Å². The average molecular weight is 236 g/mol. The molecule has 0 unspecified atom stereocenters. The zero-order chi connectivity index (χ0) is 10.9. The molecule has 0 aliphatic heterocycles. The van der Waals surface area contributed by atoms with Crippen LogP contribution in [0.4, 0.5) is 0 Å². The summed E-state index contributed by atoms with van der Waals surface area (Å²) in [6.45, 7) is 1.97. The lowest BCUT2D eigenvalue weighted by molar-refractivity contribution is 1.14. The molecular formula is C11H12N2S2. The first kappa shape index (κ1) is 12.1. The fourth-order valence-electron chi connectivity index (χ4n) is 0.849. The predicted molar refractivity (Wildman–Crippen MR) is 68.1 cm³/mol. The van der Waals surface area contributed by atoms with Gasteiger partial charge in [-0.1, -0.05) is 12.1 Å². The molecule has 4 heteroatoms. The Balaban J connectivity index is 0.000000151. The molecule has 0 aliphatic rings. The van der Waals surface area contributed by atoms with Crippen LogP contribution < -0.4 is 0 Å². The van der Waals surface area contributed by atoms with E-state index in [0.29, 0.717) is 0 Å². The van der Waals surface area contributed by atoms with Crippen molar-refractivity contribution in [1.29, 1.82) is 0 Å². The van der Waals surface area contributed by atoms with E-state index >= 15 is 0 Å². The highest BCUT2D eigenvalue weighted by Crippen LogP contribution is 2.16. The van der Waals surface area contributed by atoms with Gasteiger partial charge in [-0.2, -0.15) is 0 Å².